The molecule has 2 aliphatic carbocycles. The van der Waals surface area contributed by atoms with Crippen LogP contribution >= 0.6 is 11.6 Å². The van der Waals surface area contributed by atoms with Crippen molar-refractivity contribution in [3.63, 3.8) is 0 Å². The second-order valence-electron chi connectivity index (χ2n) is 13.0. The maximum atomic E-state index is 12.9. The zero-order valence-electron chi connectivity index (χ0n) is 29.2. The fraction of sp³-hybridized carbons (Fsp3) is 0.275. The van der Waals surface area contributed by atoms with E-state index in [1.165, 1.54) is 14.9 Å². The minimum absolute atomic E-state index is 0.0605. The molecule has 264 valence electrons. The predicted molar refractivity (Wildman–Crippen MR) is 198 cm³/mol. The van der Waals surface area contributed by atoms with Gasteiger partial charge in [0, 0.05) is 29.7 Å². The van der Waals surface area contributed by atoms with E-state index in [2.05, 4.69) is 31.2 Å². The number of hydrogen-bond donors (Lipinski definition) is 0. The topological polar surface area (TPSA) is 127 Å². The monoisotopic (exact) mass is 715 g/mol. The van der Waals surface area contributed by atoms with E-state index in [-0.39, 0.29) is 17.0 Å². The zero-order valence-corrected chi connectivity index (χ0v) is 30.0. The number of nitrogens with zero attached hydrogens (tertiary/aromatic N) is 7. The molecule has 0 radical (unpaired) electrons. The smallest absolute Gasteiger partial charge is 0.277 e. The Morgan fingerprint density at radius 3 is 1.90 bits per heavy atom. The number of aromatic nitrogens is 7. The van der Waals surface area contributed by atoms with E-state index in [0.29, 0.717) is 34.9 Å². The Bertz CT molecular complexity index is 2330. The summed E-state index contributed by atoms with van der Waals surface area (Å²) in [5.74, 6) is 3.01. The number of pyridine rings is 1. The second-order valence-corrected chi connectivity index (χ2v) is 13.3. The Morgan fingerprint density at radius 1 is 0.673 bits per heavy atom. The molecule has 0 N–H and O–H groups in total. The average Bonchev–Trinajstić information content (AvgIpc) is 3.19. The average molecular weight is 716 g/mol. The van der Waals surface area contributed by atoms with Crippen molar-refractivity contribution in [2.24, 2.45) is 0 Å². The fourth-order valence-corrected chi connectivity index (χ4v) is 7.48. The fourth-order valence-electron chi connectivity index (χ4n) is 7.12. The summed E-state index contributed by atoms with van der Waals surface area (Å²) >= 11 is 6.50. The summed E-state index contributed by atoms with van der Waals surface area (Å²) in [5.41, 5.74) is 6.59. The van der Waals surface area contributed by atoms with Crippen LogP contribution in [0, 0.1) is 6.92 Å². The van der Waals surface area contributed by atoms with Gasteiger partial charge in [-0.3, -0.25) is 9.59 Å². The van der Waals surface area contributed by atoms with Crippen LogP contribution in [0.4, 0.5) is 0 Å². The van der Waals surface area contributed by atoms with Gasteiger partial charge >= 0.3 is 0 Å². The highest BCUT2D eigenvalue weighted by Gasteiger charge is 2.27. The van der Waals surface area contributed by atoms with Crippen LogP contribution in [0.25, 0.3) is 11.8 Å². The molecule has 0 spiro atoms. The SMILES string of the molecule is COc1cccc(C2CCc3c(cnn(-c4ncc(C)cn4)c3=O)C2)c1Cl.COc1ccccc1C1CCc2c(cnn(-c3ccccn3)c2=O)C1. The Balaban J connectivity index is 0.000000162. The molecule has 4 heterocycles. The molecule has 0 amide bonds. The van der Waals surface area contributed by atoms with Crippen LogP contribution in [0.2, 0.25) is 5.02 Å². The third-order valence-electron chi connectivity index (χ3n) is 9.81. The maximum Gasteiger partial charge on any atom is 0.277 e. The van der Waals surface area contributed by atoms with Crippen molar-refractivity contribution >= 4 is 11.6 Å². The van der Waals surface area contributed by atoms with Crippen molar-refractivity contribution in [3.8, 4) is 23.3 Å². The van der Waals surface area contributed by atoms with Crippen LogP contribution in [0.1, 0.15) is 63.6 Å². The third-order valence-corrected chi connectivity index (χ3v) is 10.2. The number of aryl methyl sites for hydroxylation is 1. The van der Waals surface area contributed by atoms with Crippen molar-refractivity contribution < 1.29 is 9.47 Å². The Morgan fingerprint density at radius 2 is 1.25 bits per heavy atom. The largest absolute Gasteiger partial charge is 0.496 e. The van der Waals surface area contributed by atoms with Gasteiger partial charge in [0.2, 0.25) is 0 Å². The number of ether oxygens (including phenoxy) is 2. The van der Waals surface area contributed by atoms with Gasteiger partial charge in [0.1, 0.15) is 11.5 Å². The number of hydrogen-bond acceptors (Lipinski definition) is 9. The van der Waals surface area contributed by atoms with E-state index in [0.717, 1.165) is 71.2 Å². The molecule has 11 nitrogen and oxygen atoms in total. The number of fused-ring (bicyclic) bond motifs is 2. The highest BCUT2D eigenvalue weighted by atomic mass is 35.5. The molecule has 0 aliphatic heterocycles. The van der Waals surface area contributed by atoms with Crippen molar-refractivity contribution in [1.82, 2.24) is 34.5 Å². The standard InChI is InChI=1S/C20H19ClN4O2.C20H19N3O2/c1-12-9-22-20(23-10-12)25-19(26)16-7-6-13(8-14(16)11-24-25)15-4-3-5-17(27-2)18(15)21;1-25-18-7-3-2-6-16(18)14-9-10-17-15(12-14)13-22-23(20(17)24)19-8-4-5-11-21-19/h3-5,9-11,13H,6-8H2,1-2H3;2-8,11,13-14H,9-10,12H2,1H3. The lowest BCUT2D eigenvalue weighted by Crippen LogP contribution is -2.30. The van der Waals surface area contributed by atoms with Gasteiger partial charge in [-0.2, -0.15) is 19.6 Å². The quantitative estimate of drug-likeness (QED) is 0.199. The maximum absolute atomic E-state index is 12.9. The van der Waals surface area contributed by atoms with Gasteiger partial charge in [-0.15, -0.1) is 0 Å². The first-order valence-electron chi connectivity index (χ1n) is 17.2. The number of benzene rings is 2. The van der Waals surface area contributed by atoms with Crippen molar-refractivity contribution in [3.05, 3.63) is 156 Å². The van der Waals surface area contributed by atoms with Gasteiger partial charge in [-0.25, -0.2) is 15.0 Å². The molecule has 2 aliphatic rings. The number of rotatable bonds is 6. The van der Waals surface area contributed by atoms with E-state index in [1.54, 1.807) is 45.1 Å². The van der Waals surface area contributed by atoms with Gasteiger partial charge in [-0.1, -0.05) is 48.0 Å². The first-order valence-corrected chi connectivity index (χ1v) is 17.6. The van der Waals surface area contributed by atoms with Crippen LogP contribution in [0.3, 0.4) is 0 Å². The molecule has 8 rings (SSSR count). The number of halogens is 1. The molecule has 0 saturated heterocycles. The van der Waals surface area contributed by atoms with Crippen LogP contribution in [-0.4, -0.2) is 48.7 Å². The van der Waals surface area contributed by atoms with Crippen LogP contribution < -0.4 is 20.6 Å². The minimum atomic E-state index is -0.147. The molecule has 12 heteroatoms. The Hall–Kier alpha value is -5.68. The summed E-state index contributed by atoms with van der Waals surface area (Å²) in [5, 5.41) is 9.28. The molecule has 0 saturated carbocycles. The van der Waals surface area contributed by atoms with E-state index >= 15 is 0 Å². The highest BCUT2D eigenvalue weighted by Crippen LogP contribution is 2.39. The lowest BCUT2D eigenvalue weighted by molar-refractivity contribution is 0.401. The van der Waals surface area contributed by atoms with Crippen molar-refractivity contribution in [2.75, 3.05) is 14.2 Å². The van der Waals surface area contributed by atoms with Gasteiger partial charge in [0.25, 0.3) is 17.1 Å². The normalized spacial score (nSPS) is 16.2. The van der Waals surface area contributed by atoms with E-state index in [1.807, 2.05) is 61.7 Å². The van der Waals surface area contributed by atoms with Crippen LogP contribution in [-0.2, 0) is 25.7 Å². The van der Waals surface area contributed by atoms with Gasteiger partial charge in [-0.05, 0) is 109 Å². The molecule has 0 bridgehead atoms. The predicted octanol–water partition coefficient (Wildman–Crippen LogP) is 6.17. The summed E-state index contributed by atoms with van der Waals surface area (Å²) in [7, 11) is 3.31. The second kappa shape index (κ2) is 15.3. The van der Waals surface area contributed by atoms with Crippen molar-refractivity contribution in [1.29, 1.82) is 0 Å². The molecule has 52 heavy (non-hydrogen) atoms. The van der Waals surface area contributed by atoms with Gasteiger partial charge < -0.3 is 9.47 Å². The molecule has 2 aromatic carbocycles. The first-order chi connectivity index (χ1) is 25.4. The minimum Gasteiger partial charge on any atom is -0.496 e. The van der Waals surface area contributed by atoms with Crippen LogP contribution in [0.15, 0.2) is 101 Å². The lowest BCUT2D eigenvalue weighted by Gasteiger charge is -2.25. The Kier molecular flexibility index (Phi) is 10.2. The highest BCUT2D eigenvalue weighted by molar-refractivity contribution is 6.32. The molecule has 6 aromatic rings. The first kappa shape index (κ1) is 34.8. The summed E-state index contributed by atoms with van der Waals surface area (Å²) in [6.45, 7) is 1.90. The van der Waals surface area contributed by atoms with Crippen LogP contribution in [0.5, 0.6) is 11.5 Å². The summed E-state index contributed by atoms with van der Waals surface area (Å²) < 4.78 is 13.5. The summed E-state index contributed by atoms with van der Waals surface area (Å²) in [6.07, 6.45) is 13.3. The van der Waals surface area contributed by atoms with Gasteiger partial charge in [0.15, 0.2) is 5.82 Å². The molecular weight excluding hydrogens is 678 g/mol. The number of para-hydroxylation sites is 1. The van der Waals surface area contributed by atoms with E-state index in [9.17, 15) is 9.59 Å². The summed E-state index contributed by atoms with van der Waals surface area (Å²) in [6, 6.07) is 19.4. The third kappa shape index (κ3) is 6.96. The molecular formula is C40H38ClN7O4. The molecule has 4 aromatic heterocycles. The molecule has 2 atom stereocenters. The zero-order chi connectivity index (χ0) is 36.2. The van der Waals surface area contributed by atoms with Crippen molar-refractivity contribution in [2.45, 2.75) is 57.3 Å². The van der Waals surface area contributed by atoms with E-state index < -0.39 is 0 Å². The van der Waals surface area contributed by atoms with Gasteiger partial charge in [0.05, 0.1) is 31.6 Å². The number of methoxy groups -OCH3 is 2. The molecule has 0 fully saturated rings. The lowest BCUT2D eigenvalue weighted by atomic mass is 9.81. The Labute approximate surface area is 305 Å². The van der Waals surface area contributed by atoms with E-state index in [4.69, 9.17) is 21.1 Å². The summed E-state index contributed by atoms with van der Waals surface area (Å²) in [4.78, 5) is 38.3. The molecule has 2 unspecified atom stereocenters.